The van der Waals surface area contributed by atoms with Crippen molar-refractivity contribution < 1.29 is 9.53 Å². The predicted octanol–water partition coefficient (Wildman–Crippen LogP) is 3.44. The number of carbonyl (C=O) groups is 1. The number of carbonyl (C=O) groups excluding carboxylic acids is 1. The zero-order valence-electron chi connectivity index (χ0n) is 13.7. The molecular formula is C18H21N3O2. The number of amides is 1. The number of benzene rings is 1. The summed E-state index contributed by atoms with van der Waals surface area (Å²) in [4.78, 5) is 22.8. The summed E-state index contributed by atoms with van der Waals surface area (Å²) >= 11 is 0. The largest absolute Gasteiger partial charge is 0.444 e. The van der Waals surface area contributed by atoms with Crippen LogP contribution < -0.4 is 0 Å². The minimum absolute atomic E-state index is 0.289. The van der Waals surface area contributed by atoms with Gasteiger partial charge in [0.25, 0.3) is 0 Å². The Hall–Kier alpha value is -2.43. The van der Waals surface area contributed by atoms with E-state index in [9.17, 15) is 4.79 Å². The number of rotatable bonds is 1. The Kier molecular flexibility index (Phi) is 4.03. The molecule has 0 fully saturated rings. The van der Waals surface area contributed by atoms with Crippen LogP contribution in [0.3, 0.4) is 0 Å². The summed E-state index contributed by atoms with van der Waals surface area (Å²) in [6, 6.07) is 10.1. The lowest BCUT2D eigenvalue weighted by molar-refractivity contribution is 0.0221. The van der Waals surface area contributed by atoms with Gasteiger partial charge in [0, 0.05) is 17.7 Å². The van der Waals surface area contributed by atoms with Crippen LogP contribution >= 0.6 is 0 Å². The number of ether oxygens (including phenoxy) is 1. The van der Waals surface area contributed by atoms with Gasteiger partial charge in [-0.2, -0.15) is 0 Å². The van der Waals surface area contributed by atoms with Gasteiger partial charge in [-0.1, -0.05) is 30.3 Å². The van der Waals surface area contributed by atoms with Gasteiger partial charge in [-0.3, -0.25) is 0 Å². The normalized spacial score (nSPS) is 14.3. The van der Waals surface area contributed by atoms with Gasteiger partial charge in [0.15, 0.2) is 0 Å². The van der Waals surface area contributed by atoms with E-state index in [1.54, 1.807) is 11.2 Å². The number of nitrogens with zero attached hydrogens (tertiary/aromatic N) is 3. The third-order valence-electron chi connectivity index (χ3n) is 3.71. The number of hydrogen-bond acceptors (Lipinski definition) is 4. The second kappa shape index (κ2) is 5.99. The van der Waals surface area contributed by atoms with E-state index in [1.165, 1.54) is 0 Å². The highest BCUT2D eigenvalue weighted by Gasteiger charge is 2.27. The summed E-state index contributed by atoms with van der Waals surface area (Å²) in [6.07, 6.45) is 2.02. The molecule has 1 aromatic heterocycles. The van der Waals surface area contributed by atoms with Gasteiger partial charge < -0.3 is 9.64 Å². The molecule has 3 rings (SSSR count). The third-order valence-corrected chi connectivity index (χ3v) is 3.71. The summed E-state index contributed by atoms with van der Waals surface area (Å²) in [5.74, 6) is 0. The Bertz CT molecular complexity index is 708. The first-order valence-corrected chi connectivity index (χ1v) is 7.80. The third kappa shape index (κ3) is 3.50. The SMILES string of the molecule is CC(C)(C)OC(=O)N1CCc2c(ncnc2-c2ccccc2)C1. The fraction of sp³-hybridized carbons (Fsp3) is 0.389. The number of aromatic nitrogens is 2. The highest BCUT2D eigenvalue weighted by molar-refractivity contribution is 5.70. The second-order valence-electron chi connectivity index (χ2n) is 6.67. The van der Waals surface area contributed by atoms with Gasteiger partial charge >= 0.3 is 6.09 Å². The topological polar surface area (TPSA) is 55.3 Å². The van der Waals surface area contributed by atoms with Crippen molar-refractivity contribution in [3.63, 3.8) is 0 Å². The van der Waals surface area contributed by atoms with Crippen molar-refractivity contribution in [3.8, 4) is 11.3 Å². The maximum atomic E-state index is 12.2. The first-order valence-electron chi connectivity index (χ1n) is 7.80. The van der Waals surface area contributed by atoms with Crippen LogP contribution in [-0.2, 0) is 17.7 Å². The molecule has 120 valence electrons. The molecule has 0 radical (unpaired) electrons. The van der Waals surface area contributed by atoms with Crippen molar-refractivity contribution in [3.05, 3.63) is 47.9 Å². The summed E-state index contributed by atoms with van der Waals surface area (Å²) in [5, 5.41) is 0. The fourth-order valence-corrected chi connectivity index (χ4v) is 2.68. The molecule has 0 bridgehead atoms. The molecule has 1 aromatic carbocycles. The van der Waals surface area contributed by atoms with E-state index in [1.807, 2.05) is 51.1 Å². The van der Waals surface area contributed by atoms with Crippen molar-refractivity contribution in [2.75, 3.05) is 6.54 Å². The first kappa shape index (κ1) is 15.5. The fourth-order valence-electron chi connectivity index (χ4n) is 2.68. The summed E-state index contributed by atoms with van der Waals surface area (Å²) < 4.78 is 5.45. The summed E-state index contributed by atoms with van der Waals surface area (Å²) in [7, 11) is 0. The van der Waals surface area contributed by atoms with E-state index in [0.29, 0.717) is 13.1 Å². The Balaban J connectivity index is 1.84. The molecule has 5 heteroatoms. The molecule has 0 N–H and O–H groups in total. The molecule has 1 amide bonds. The van der Waals surface area contributed by atoms with E-state index in [0.717, 1.165) is 28.9 Å². The molecule has 2 aromatic rings. The first-order chi connectivity index (χ1) is 10.9. The lowest BCUT2D eigenvalue weighted by atomic mass is 9.99. The van der Waals surface area contributed by atoms with Gasteiger partial charge in [0.2, 0.25) is 0 Å². The molecule has 1 aliphatic heterocycles. The molecule has 5 nitrogen and oxygen atoms in total. The van der Waals surface area contributed by atoms with Gasteiger partial charge in [0.1, 0.15) is 11.9 Å². The number of hydrogen-bond donors (Lipinski definition) is 0. The maximum absolute atomic E-state index is 12.2. The van der Waals surface area contributed by atoms with E-state index in [2.05, 4.69) is 9.97 Å². The van der Waals surface area contributed by atoms with E-state index in [-0.39, 0.29) is 6.09 Å². The van der Waals surface area contributed by atoms with Gasteiger partial charge in [-0.15, -0.1) is 0 Å². The smallest absolute Gasteiger partial charge is 0.410 e. The molecular weight excluding hydrogens is 290 g/mol. The zero-order valence-corrected chi connectivity index (χ0v) is 13.7. The van der Waals surface area contributed by atoms with Crippen LogP contribution in [0.2, 0.25) is 0 Å². The van der Waals surface area contributed by atoms with E-state index >= 15 is 0 Å². The Labute approximate surface area is 136 Å². The molecule has 0 saturated heterocycles. The Morgan fingerprint density at radius 1 is 1.17 bits per heavy atom. The predicted molar refractivity (Wildman–Crippen MR) is 87.8 cm³/mol. The molecule has 0 spiro atoms. The van der Waals surface area contributed by atoms with Crippen molar-refractivity contribution in [2.45, 2.75) is 39.3 Å². The standard InChI is InChI=1S/C18H21N3O2/c1-18(2,3)23-17(22)21-10-9-14-15(11-21)19-12-20-16(14)13-7-5-4-6-8-13/h4-8,12H,9-11H2,1-3H3. The van der Waals surface area contributed by atoms with E-state index < -0.39 is 5.60 Å². The highest BCUT2D eigenvalue weighted by Crippen LogP contribution is 2.27. The Morgan fingerprint density at radius 2 is 1.91 bits per heavy atom. The van der Waals surface area contributed by atoms with Gasteiger partial charge in [-0.25, -0.2) is 14.8 Å². The van der Waals surface area contributed by atoms with Gasteiger partial charge in [0.05, 0.1) is 17.9 Å². The minimum atomic E-state index is -0.488. The number of fused-ring (bicyclic) bond motifs is 1. The van der Waals surface area contributed by atoms with Crippen LogP contribution in [0.5, 0.6) is 0 Å². The summed E-state index contributed by atoms with van der Waals surface area (Å²) in [5.41, 5.74) is 3.57. The monoisotopic (exact) mass is 311 g/mol. The lowest BCUT2D eigenvalue weighted by Crippen LogP contribution is -2.40. The molecule has 0 saturated carbocycles. The van der Waals surface area contributed by atoms with Crippen LogP contribution in [0.1, 0.15) is 32.0 Å². The van der Waals surface area contributed by atoms with E-state index in [4.69, 9.17) is 4.74 Å². The molecule has 2 heterocycles. The summed E-state index contributed by atoms with van der Waals surface area (Å²) in [6.45, 7) is 6.71. The molecule has 0 aliphatic carbocycles. The van der Waals surface area contributed by atoms with Crippen LogP contribution in [0, 0.1) is 0 Å². The van der Waals surface area contributed by atoms with Crippen LogP contribution in [0.4, 0.5) is 4.79 Å². The minimum Gasteiger partial charge on any atom is -0.444 e. The van der Waals surface area contributed by atoms with Crippen molar-refractivity contribution in [1.82, 2.24) is 14.9 Å². The lowest BCUT2D eigenvalue weighted by Gasteiger charge is -2.31. The quantitative estimate of drug-likeness (QED) is 0.809. The molecule has 1 aliphatic rings. The van der Waals surface area contributed by atoms with Crippen molar-refractivity contribution in [1.29, 1.82) is 0 Å². The van der Waals surface area contributed by atoms with Crippen LogP contribution in [0.25, 0.3) is 11.3 Å². The van der Waals surface area contributed by atoms with Crippen molar-refractivity contribution >= 4 is 6.09 Å². The maximum Gasteiger partial charge on any atom is 0.410 e. The van der Waals surface area contributed by atoms with Crippen LogP contribution in [0.15, 0.2) is 36.7 Å². The average molecular weight is 311 g/mol. The average Bonchev–Trinajstić information content (AvgIpc) is 2.53. The Morgan fingerprint density at radius 3 is 2.61 bits per heavy atom. The molecule has 0 unspecified atom stereocenters. The molecule has 0 atom stereocenters. The molecule has 23 heavy (non-hydrogen) atoms. The van der Waals surface area contributed by atoms with Crippen molar-refractivity contribution in [2.24, 2.45) is 0 Å². The zero-order chi connectivity index (χ0) is 16.4. The highest BCUT2D eigenvalue weighted by atomic mass is 16.6. The van der Waals surface area contributed by atoms with Gasteiger partial charge in [-0.05, 0) is 27.2 Å². The van der Waals surface area contributed by atoms with Crippen LogP contribution in [-0.4, -0.2) is 33.1 Å². The second-order valence-corrected chi connectivity index (χ2v) is 6.67.